The number of aromatic nitrogens is 3. The van der Waals surface area contributed by atoms with Crippen LogP contribution < -0.4 is 9.30 Å². The molecule has 0 aliphatic heterocycles. The summed E-state index contributed by atoms with van der Waals surface area (Å²) in [5, 5.41) is 6.00. The van der Waals surface area contributed by atoms with Crippen molar-refractivity contribution in [3.05, 3.63) is 158 Å². The van der Waals surface area contributed by atoms with E-state index in [0.717, 1.165) is 69.0 Å². The van der Waals surface area contributed by atoms with Crippen molar-refractivity contribution in [2.75, 3.05) is 7.11 Å². The Morgan fingerprint density at radius 3 is 2.16 bits per heavy atom. The van der Waals surface area contributed by atoms with Crippen molar-refractivity contribution in [3.8, 4) is 45.1 Å². The highest BCUT2D eigenvalue weighted by Gasteiger charge is 2.22. The van der Waals surface area contributed by atoms with E-state index >= 15 is 0 Å². The van der Waals surface area contributed by atoms with Crippen molar-refractivity contribution in [1.29, 1.82) is 0 Å². The lowest BCUT2D eigenvalue weighted by Gasteiger charge is -2.17. The number of methoxy groups -OCH3 is 1. The summed E-state index contributed by atoms with van der Waals surface area (Å²) in [5.41, 5.74) is 9.99. The molecule has 2 aromatic heterocycles. The van der Waals surface area contributed by atoms with E-state index in [1.807, 2.05) is 12.1 Å². The van der Waals surface area contributed by atoms with Crippen molar-refractivity contribution in [2.45, 2.75) is 19.9 Å². The largest absolute Gasteiger partial charge is 0.490 e. The van der Waals surface area contributed by atoms with Gasteiger partial charge in [0.25, 0.3) is 5.52 Å². The number of benzene rings is 7. The second kappa shape index (κ2) is 12.3. The van der Waals surface area contributed by atoms with Gasteiger partial charge in [0, 0.05) is 34.9 Å². The molecule has 4 heteroatoms. The summed E-state index contributed by atoms with van der Waals surface area (Å²) in [6.07, 6.45) is 3.21. The van der Waals surface area contributed by atoms with Crippen LogP contribution in [0.25, 0.3) is 82.8 Å². The lowest BCUT2D eigenvalue weighted by atomic mass is 9.89. The average Bonchev–Trinajstić information content (AvgIpc) is 3.57. The van der Waals surface area contributed by atoms with Crippen LogP contribution in [0, 0.1) is 0 Å². The highest BCUT2D eigenvalue weighted by Crippen LogP contribution is 2.44. The Morgan fingerprint density at radius 2 is 1.32 bits per heavy atom. The molecule has 9 rings (SSSR count). The van der Waals surface area contributed by atoms with Gasteiger partial charge in [-0.3, -0.25) is 4.57 Å². The summed E-state index contributed by atoms with van der Waals surface area (Å²) in [5.74, 6) is 1.84. The molecule has 0 bridgehead atoms. The van der Waals surface area contributed by atoms with E-state index in [1.54, 1.807) is 7.11 Å². The van der Waals surface area contributed by atoms with Crippen molar-refractivity contribution >= 4 is 43.5 Å². The first kappa shape index (κ1) is 29.8. The van der Waals surface area contributed by atoms with Gasteiger partial charge in [-0.2, -0.15) is 4.57 Å². The molecule has 0 unspecified atom stereocenters. The molecule has 50 heavy (non-hydrogen) atoms. The summed E-state index contributed by atoms with van der Waals surface area (Å²) in [7, 11) is 1.80. The van der Waals surface area contributed by atoms with E-state index in [1.165, 1.54) is 32.5 Å². The Balaban J connectivity index is 1.21. The van der Waals surface area contributed by atoms with Crippen molar-refractivity contribution in [2.24, 2.45) is 0 Å². The van der Waals surface area contributed by atoms with Gasteiger partial charge in [0.15, 0.2) is 11.9 Å². The number of fused-ring (bicyclic) bond motifs is 4. The van der Waals surface area contributed by atoms with Crippen LogP contribution >= 0.6 is 0 Å². The minimum atomic E-state index is 0.908. The van der Waals surface area contributed by atoms with Gasteiger partial charge < -0.3 is 4.74 Å². The van der Waals surface area contributed by atoms with Gasteiger partial charge in [-0.05, 0) is 87.3 Å². The van der Waals surface area contributed by atoms with Crippen molar-refractivity contribution in [1.82, 2.24) is 9.55 Å². The highest BCUT2D eigenvalue weighted by atomic mass is 16.5. The van der Waals surface area contributed by atoms with Gasteiger partial charge in [0.1, 0.15) is 12.4 Å². The molecule has 240 valence electrons. The summed E-state index contributed by atoms with van der Waals surface area (Å²) < 4.78 is 10.9. The third-order valence-electron chi connectivity index (χ3n) is 9.85. The van der Waals surface area contributed by atoms with Crippen LogP contribution in [0.2, 0.25) is 0 Å². The molecule has 0 saturated heterocycles. The normalized spacial score (nSPS) is 11.6. The van der Waals surface area contributed by atoms with Gasteiger partial charge in [-0.25, -0.2) is 4.98 Å². The number of ether oxygens (including phenoxy) is 1. The zero-order valence-electron chi connectivity index (χ0n) is 28.2. The first-order valence-corrected chi connectivity index (χ1v) is 17.3. The summed E-state index contributed by atoms with van der Waals surface area (Å²) in [6, 6.07) is 54.2. The number of para-hydroxylation sites is 3. The van der Waals surface area contributed by atoms with Crippen molar-refractivity contribution in [3.63, 3.8) is 0 Å². The molecule has 0 radical (unpaired) electrons. The predicted molar refractivity (Wildman–Crippen MR) is 207 cm³/mol. The molecule has 9 aromatic rings. The molecular formula is C46H36N3O+. The van der Waals surface area contributed by atoms with E-state index in [0.29, 0.717) is 0 Å². The Morgan fingerprint density at radius 1 is 0.620 bits per heavy atom. The predicted octanol–water partition coefficient (Wildman–Crippen LogP) is 11.2. The SMILES string of the molecule is CCC[n+]1cccc2ccc(-c3c4ccccc4cc4ccc(-c5ccc(-c6nc7ccccc7n6-c6ccccc6)cc5)cc34)c(OC)c21. The van der Waals surface area contributed by atoms with Crippen LogP contribution in [0.5, 0.6) is 5.75 Å². The molecule has 0 atom stereocenters. The topological polar surface area (TPSA) is 30.9 Å². The third kappa shape index (κ3) is 4.91. The Bertz CT molecular complexity index is 2690. The van der Waals surface area contributed by atoms with Crippen LogP contribution in [0.3, 0.4) is 0 Å². The lowest BCUT2D eigenvalue weighted by molar-refractivity contribution is -0.671. The van der Waals surface area contributed by atoms with Crippen LogP contribution in [-0.2, 0) is 6.54 Å². The zero-order valence-corrected chi connectivity index (χ0v) is 28.2. The third-order valence-corrected chi connectivity index (χ3v) is 9.85. The average molecular weight is 647 g/mol. The number of imidazole rings is 1. The van der Waals surface area contributed by atoms with Crippen molar-refractivity contribution < 1.29 is 9.30 Å². The van der Waals surface area contributed by atoms with Gasteiger partial charge >= 0.3 is 0 Å². The van der Waals surface area contributed by atoms with E-state index in [4.69, 9.17) is 9.72 Å². The molecule has 0 spiro atoms. The van der Waals surface area contributed by atoms with E-state index in [-0.39, 0.29) is 0 Å². The van der Waals surface area contributed by atoms with E-state index < -0.39 is 0 Å². The van der Waals surface area contributed by atoms with E-state index in [2.05, 4.69) is 162 Å². The molecule has 0 N–H and O–H groups in total. The molecule has 0 fully saturated rings. The molecule has 0 aliphatic rings. The quantitative estimate of drug-likeness (QED) is 0.127. The first-order valence-electron chi connectivity index (χ1n) is 17.3. The van der Waals surface area contributed by atoms with Gasteiger partial charge in [-0.15, -0.1) is 0 Å². The second-order valence-electron chi connectivity index (χ2n) is 12.9. The number of aryl methyl sites for hydroxylation is 1. The number of hydrogen-bond donors (Lipinski definition) is 0. The first-order chi connectivity index (χ1) is 24.7. The summed E-state index contributed by atoms with van der Waals surface area (Å²) in [6.45, 7) is 3.14. The number of rotatable bonds is 7. The van der Waals surface area contributed by atoms with E-state index in [9.17, 15) is 0 Å². The van der Waals surface area contributed by atoms with Crippen LogP contribution in [-0.4, -0.2) is 16.7 Å². The fourth-order valence-corrected chi connectivity index (χ4v) is 7.57. The number of pyridine rings is 1. The maximum absolute atomic E-state index is 6.30. The second-order valence-corrected chi connectivity index (χ2v) is 12.9. The maximum Gasteiger partial charge on any atom is 0.255 e. The molecule has 0 aliphatic carbocycles. The maximum atomic E-state index is 6.30. The molecule has 2 heterocycles. The minimum Gasteiger partial charge on any atom is -0.490 e. The Kier molecular flexibility index (Phi) is 7.35. The monoisotopic (exact) mass is 646 g/mol. The highest BCUT2D eigenvalue weighted by molar-refractivity contribution is 6.15. The van der Waals surface area contributed by atoms with Gasteiger partial charge in [-0.1, -0.05) is 97.9 Å². The minimum absolute atomic E-state index is 0.908. The summed E-state index contributed by atoms with van der Waals surface area (Å²) in [4.78, 5) is 5.08. The fraction of sp³-hybridized carbons (Fsp3) is 0.0870. The van der Waals surface area contributed by atoms with Crippen LogP contribution in [0.1, 0.15) is 13.3 Å². The van der Waals surface area contributed by atoms with Crippen LogP contribution in [0.4, 0.5) is 0 Å². The molecule has 0 saturated carbocycles. The molecular weight excluding hydrogens is 611 g/mol. The molecule has 7 aromatic carbocycles. The smallest absolute Gasteiger partial charge is 0.255 e. The number of hydrogen-bond acceptors (Lipinski definition) is 2. The lowest BCUT2D eigenvalue weighted by Crippen LogP contribution is -2.34. The van der Waals surface area contributed by atoms with Gasteiger partial charge in [0.2, 0.25) is 0 Å². The van der Waals surface area contributed by atoms with Gasteiger partial charge in [0.05, 0.1) is 23.5 Å². The molecule has 4 nitrogen and oxygen atoms in total. The Hall–Kier alpha value is -6.26. The zero-order chi connectivity index (χ0) is 33.6. The standard InChI is InChI=1S/C46H36N3O/c1-3-27-48-28-11-13-32-25-26-39(45(50-2)44(32)48)43-38-16-8-7-12-35(38)29-36-24-23-34(30-40(36)43)31-19-21-33(22-20-31)46-47-41-17-9-10-18-42(41)49(46)37-14-5-4-6-15-37/h4-26,28-30H,3,27H2,1-2H3/q+1. The molecule has 0 amide bonds. The van der Waals surface area contributed by atoms with Crippen LogP contribution in [0.15, 0.2) is 158 Å². The Labute approximate surface area is 291 Å². The number of nitrogens with zero attached hydrogens (tertiary/aromatic N) is 3. The summed E-state index contributed by atoms with van der Waals surface area (Å²) >= 11 is 0. The fourth-order valence-electron chi connectivity index (χ4n) is 7.57.